The van der Waals surface area contributed by atoms with Gasteiger partial charge in [0.05, 0.1) is 0 Å². The van der Waals surface area contributed by atoms with Gasteiger partial charge >= 0.3 is 7.12 Å². The fraction of sp³-hybridized carbons (Fsp3) is 0.0833. The Morgan fingerprint density at radius 1 is 0.815 bits per heavy atom. The molecule has 2 N–H and O–H groups in total. The van der Waals surface area contributed by atoms with Crippen LogP contribution in [0, 0.1) is 0 Å². The highest BCUT2D eigenvalue weighted by molar-refractivity contribution is 6.51. The minimum atomic E-state index is -1.40. The molecule has 0 radical (unpaired) electrons. The van der Waals surface area contributed by atoms with Crippen molar-refractivity contribution in [3.63, 3.8) is 0 Å². The Bertz CT molecular complexity index is 1200. The molecule has 0 heterocycles. The van der Waals surface area contributed by atoms with Crippen molar-refractivity contribution < 1.29 is 10.0 Å². The van der Waals surface area contributed by atoms with Crippen LogP contribution in [-0.4, -0.2) is 17.2 Å². The summed E-state index contributed by atoms with van der Waals surface area (Å²) in [5, 5.41) is 24.1. The maximum Gasteiger partial charge on any atom is 0.484 e. The topological polar surface area (TPSA) is 40.5 Å². The van der Waals surface area contributed by atoms with Gasteiger partial charge in [0, 0.05) is 0 Å². The summed E-state index contributed by atoms with van der Waals surface area (Å²) in [6, 6.07) is 17.5. The molecule has 130 valence electrons. The average molecular weight is 350 g/mol. The normalized spacial score (nSPS) is 18.7. The maximum atomic E-state index is 9.55. The van der Waals surface area contributed by atoms with Gasteiger partial charge in [-0.3, -0.25) is 0 Å². The van der Waals surface area contributed by atoms with E-state index in [1.54, 1.807) is 6.08 Å². The predicted octanol–water partition coefficient (Wildman–Crippen LogP) is 5.06. The third kappa shape index (κ3) is 2.85. The van der Waals surface area contributed by atoms with E-state index in [2.05, 4.69) is 66.8 Å². The molecule has 0 aromatic heterocycles. The highest BCUT2D eigenvalue weighted by atomic mass is 16.4. The van der Waals surface area contributed by atoms with E-state index in [4.69, 9.17) is 0 Å². The molecule has 0 spiro atoms. The highest BCUT2D eigenvalue weighted by Gasteiger charge is 2.21. The van der Waals surface area contributed by atoms with Gasteiger partial charge in [-0.25, -0.2) is 0 Å². The Kier molecular flexibility index (Phi) is 3.85. The lowest BCUT2D eigenvalue weighted by atomic mass is 9.72. The Labute approximate surface area is 158 Å². The standard InChI is InChI=1S/C24H19BO2/c26-25(27)22-9-3-7-19(14-22)23-10-4-8-18-13-20-11-16-5-1-2-6-17(16)12-21(20)15-24(18)23/h1-9,11-13,15,26-27H,10,14H2. The number of rotatable bonds is 1. The zero-order valence-electron chi connectivity index (χ0n) is 14.9. The first-order valence-corrected chi connectivity index (χ1v) is 9.28. The second-order valence-electron chi connectivity index (χ2n) is 7.25. The Morgan fingerprint density at radius 3 is 2.30 bits per heavy atom. The number of benzene rings is 3. The summed E-state index contributed by atoms with van der Waals surface area (Å²) < 4.78 is 0. The van der Waals surface area contributed by atoms with E-state index in [1.807, 2.05) is 6.08 Å². The van der Waals surface area contributed by atoms with Gasteiger partial charge in [-0.05, 0) is 86.4 Å². The van der Waals surface area contributed by atoms with Crippen molar-refractivity contribution in [1.29, 1.82) is 0 Å². The van der Waals surface area contributed by atoms with Crippen molar-refractivity contribution in [2.24, 2.45) is 0 Å². The minimum Gasteiger partial charge on any atom is -0.423 e. The molecule has 0 saturated heterocycles. The third-order valence-corrected chi connectivity index (χ3v) is 5.54. The van der Waals surface area contributed by atoms with Crippen molar-refractivity contribution in [3.8, 4) is 0 Å². The van der Waals surface area contributed by atoms with Crippen molar-refractivity contribution in [2.45, 2.75) is 12.8 Å². The Balaban J connectivity index is 1.69. The van der Waals surface area contributed by atoms with Crippen molar-refractivity contribution in [2.75, 3.05) is 0 Å². The van der Waals surface area contributed by atoms with Gasteiger partial charge in [0.1, 0.15) is 0 Å². The second-order valence-corrected chi connectivity index (χ2v) is 7.25. The van der Waals surface area contributed by atoms with Gasteiger partial charge in [0.25, 0.3) is 0 Å². The number of allylic oxidation sites excluding steroid dienone is 7. The third-order valence-electron chi connectivity index (χ3n) is 5.54. The van der Waals surface area contributed by atoms with Crippen LogP contribution in [0.15, 0.2) is 83.9 Å². The number of hydrogen-bond donors (Lipinski definition) is 2. The molecule has 27 heavy (non-hydrogen) atoms. The lowest BCUT2D eigenvalue weighted by Gasteiger charge is -2.21. The first kappa shape index (κ1) is 16.3. The maximum absolute atomic E-state index is 9.55. The van der Waals surface area contributed by atoms with E-state index in [0.717, 1.165) is 12.0 Å². The van der Waals surface area contributed by atoms with Crippen LogP contribution in [-0.2, 0) is 0 Å². The second kappa shape index (κ2) is 6.38. The summed E-state index contributed by atoms with van der Waals surface area (Å²) in [6.45, 7) is 0. The fourth-order valence-electron chi connectivity index (χ4n) is 4.14. The SMILES string of the molecule is OB(O)C1=CC=CC(=C2CC=Cc3cc4cc5ccccc5cc4cc32)C1. The first-order valence-electron chi connectivity index (χ1n) is 9.28. The van der Waals surface area contributed by atoms with E-state index in [0.29, 0.717) is 11.9 Å². The van der Waals surface area contributed by atoms with Gasteiger partial charge in [0.15, 0.2) is 0 Å². The molecule has 3 aromatic rings. The average Bonchev–Trinajstić information content (AvgIpc) is 2.70. The predicted molar refractivity (Wildman–Crippen MR) is 114 cm³/mol. The summed E-state index contributed by atoms with van der Waals surface area (Å²) in [6.07, 6.45) is 11.6. The summed E-state index contributed by atoms with van der Waals surface area (Å²) in [5.74, 6) is 0. The van der Waals surface area contributed by atoms with Crippen molar-refractivity contribution in [1.82, 2.24) is 0 Å². The smallest absolute Gasteiger partial charge is 0.423 e. The van der Waals surface area contributed by atoms with Crippen LogP contribution in [0.5, 0.6) is 0 Å². The molecule has 3 heteroatoms. The summed E-state index contributed by atoms with van der Waals surface area (Å²) in [7, 11) is -1.40. The monoisotopic (exact) mass is 350 g/mol. The molecule has 2 nitrogen and oxygen atoms in total. The lowest BCUT2D eigenvalue weighted by molar-refractivity contribution is 0.417. The zero-order chi connectivity index (χ0) is 18.4. The van der Waals surface area contributed by atoms with Crippen LogP contribution in [0.4, 0.5) is 0 Å². The molecular weight excluding hydrogens is 331 g/mol. The van der Waals surface area contributed by atoms with Crippen molar-refractivity contribution >= 4 is 40.3 Å². The Morgan fingerprint density at radius 2 is 1.56 bits per heavy atom. The summed E-state index contributed by atoms with van der Waals surface area (Å²) in [5.41, 5.74) is 5.54. The van der Waals surface area contributed by atoms with Crippen LogP contribution in [0.25, 0.3) is 33.2 Å². The van der Waals surface area contributed by atoms with Gasteiger partial charge in [-0.1, -0.05) is 54.6 Å². The van der Waals surface area contributed by atoms with Gasteiger partial charge < -0.3 is 10.0 Å². The largest absolute Gasteiger partial charge is 0.484 e. The minimum absolute atomic E-state index is 0.576. The molecular formula is C24H19BO2. The zero-order valence-corrected chi connectivity index (χ0v) is 14.9. The molecule has 5 rings (SSSR count). The molecule has 0 bridgehead atoms. The highest BCUT2D eigenvalue weighted by Crippen LogP contribution is 2.38. The van der Waals surface area contributed by atoms with Crippen LogP contribution in [0.3, 0.4) is 0 Å². The van der Waals surface area contributed by atoms with Gasteiger partial charge in [0.2, 0.25) is 0 Å². The molecule has 2 aliphatic carbocycles. The molecule has 0 fully saturated rings. The first-order chi connectivity index (χ1) is 13.2. The van der Waals surface area contributed by atoms with E-state index >= 15 is 0 Å². The summed E-state index contributed by atoms with van der Waals surface area (Å²) in [4.78, 5) is 0. The molecule has 0 saturated carbocycles. The Hall–Kier alpha value is -2.88. The van der Waals surface area contributed by atoms with Crippen molar-refractivity contribution in [3.05, 3.63) is 95.0 Å². The fourth-order valence-corrected chi connectivity index (χ4v) is 4.14. The van der Waals surface area contributed by atoms with Crippen LogP contribution in [0.2, 0.25) is 0 Å². The van der Waals surface area contributed by atoms with Gasteiger partial charge in [-0.15, -0.1) is 0 Å². The molecule has 2 aliphatic rings. The molecule has 0 unspecified atom stereocenters. The molecule has 0 aliphatic heterocycles. The summed E-state index contributed by atoms with van der Waals surface area (Å²) >= 11 is 0. The van der Waals surface area contributed by atoms with E-state index < -0.39 is 7.12 Å². The molecule has 3 aromatic carbocycles. The number of fused-ring (bicyclic) bond motifs is 3. The lowest BCUT2D eigenvalue weighted by Crippen LogP contribution is -2.17. The van der Waals surface area contributed by atoms with Gasteiger partial charge in [-0.2, -0.15) is 0 Å². The molecule has 0 amide bonds. The van der Waals surface area contributed by atoms with Crippen LogP contribution >= 0.6 is 0 Å². The van der Waals surface area contributed by atoms with E-state index in [9.17, 15) is 10.0 Å². The van der Waals surface area contributed by atoms with E-state index in [-0.39, 0.29) is 0 Å². The van der Waals surface area contributed by atoms with Crippen LogP contribution < -0.4 is 0 Å². The van der Waals surface area contributed by atoms with Crippen LogP contribution in [0.1, 0.15) is 24.0 Å². The van der Waals surface area contributed by atoms with E-state index in [1.165, 1.54) is 38.2 Å². The number of hydrogen-bond acceptors (Lipinski definition) is 2. The molecule has 0 atom stereocenters. The quantitative estimate of drug-likeness (QED) is 0.476.